The van der Waals surface area contributed by atoms with Crippen LogP contribution in [-0.2, 0) is 0 Å². The van der Waals surface area contributed by atoms with Gasteiger partial charge in [-0.3, -0.25) is 4.79 Å². The number of halogens is 3. The molecule has 3 heterocycles. The van der Waals surface area contributed by atoms with Gasteiger partial charge in [0.05, 0.1) is 20.4 Å². The zero-order valence-electron chi connectivity index (χ0n) is 15.9. The van der Waals surface area contributed by atoms with E-state index in [9.17, 15) is 18.0 Å². The Morgan fingerprint density at radius 3 is 2.42 bits per heavy atom. The van der Waals surface area contributed by atoms with Gasteiger partial charge in [-0.05, 0) is 24.3 Å². The van der Waals surface area contributed by atoms with Crippen LogP contribution >= 0.6 is 22.7 Å². The summed E-state index contributed by atoms with van der Waals surface area (Å²) in [6, 6.07) is 11.8. The number of carbonyl (C=O) groups is 1. The predicted molar refractivity (Wildman–Crippen MR) is 114 cm³/mol. The van der Waals surface area contributed by atoms with Crippen molar-refractivity contribution < 1.29 is 22.7 Å². The minimum atomic E-state index is -4.73. The number of hydrogen-bond acceptors (Lipinski definition) is 7. The molecule has 0 saturated carbocycles. The van der Waals surface area contributed by atoms with Crippen LogP contribution < -0.4 is 9.64 Å². The third kappa shape index (κ3) is 4.15. The van der Waals surface area contributed by atoms with Gasteiger partial charge in [-0.15, -0.1) is 24.5 Å². The third-order valence-corrected chi connectivity index (χ3v) is 7.00. The van der Waals surface area contributed by atoms with Crippen LogP contribution in [0, 0.1) is 0 Å². The summed E-state index contributed by atoms with van der Waals surface area (Å²) in [6.07, 6.45) is -4.73. The highest BCUT2D eigenvalue weighted by Gasteiger charge is 2.31. The van der Waals surface area contributed by atoms with E-state index in [-0.39, 0.29) is 11.7 Å². The molecule has 2 aromatic heterocycles. The van der Waals surface area contributed by atoms with E-state index < -0.39 is 6.36 Å². The molecule has 6 nitrogen and oxygen atoms in total. The van der Waals surface area contributed by atoms with Gasteiger partial charge in [-0.1, -0.05) is 23.5 Å². The SMILES string of the molecule is O=C(c1nc2ccccc2s1)N1CCN(c2nc3ccc(OC(F)(F)F)cc3s2)CC1. The Balaban J connectivity index is 1.27. The number of alkyl halides is 3. The molecule has 4 aromatic rings. The quantitative estimate of drug-likeness (QED) is 0.437. The molecule has 1 aliphatic rings. The molecule has 0 N–H and O–H groups in total. The number of carbonyl (C=O) groups excluding carboxylic acids is 1. The number of amides is 1. The molecule has 160 valence electrons. The second kappa shape index (κ2) is 7.65. The Labute approximate surface area is 182 Å². The van der Waals surface area contributed by atoms with E-state index in [2.05, 4.69) is 14.7 Å². The molecular formula is C20H15F3N4O2S2. The van der Waals surface area contributed by atoms with Crippen LogP contribution in [0.1, 0.15) is 9.80 Å². The van der Waals surface area contributed by atoms with Crippen LogP contribution in [-0.4, -0.2) is 53.3 Å². The number of thiazole rings is 2. The number of para-hydroxylation sites is 1. The fourth-order valence-electron chi connectivity index (χ4n) is 3.42. The van der Waals surface area contributed by atoms with Crippen molar-refractivity contribution in [3.8, 4) is 5.75 Å². The van der Waals surface area contributed by atoms with Gasteiger partial charge in [0.15, 0.2) is 10.1 Å². The van der Waals surface area contributed by atoms with E-state index in [1.165, 1.54) is 40.9 Å². The van der Waals surface area contributed by atoms with E-state index in [1.54, 1.807) is 4.90 Å². The lowest BCUT2D eigenvalue weighted by Gasteiger charge is -2.34. The summed E-state index contributed by atoms with van der Waals surface area (Å²) >= 11 is 2.69. The molecule has 11 heteroatoms. The molecule has 1 aliphatic heterocycles. The van der Waals surface area contributed by atoms with Gasteiger partial charge in [-0.2, -0.15) is 0 Å². The Morgan fingerprint density at radius 1 is 0.935 bits per heavy atom. The second-order valence-corrected chi connectivity index (χ2v) is 8.98. The average Bonchev–Trinajstić information content (AvgIpc) is 3.36. The van der Waals surface area contributed by atoms with Crippen LogP contribution in [0.3, 0.4) is 0 Å². The third-order valence-electron chi connectivity index (χ3n) is 4.90. The number of aromatic nitrogens is 2. The molecule has 0 spiro atoms. The minimum Gasteiger partial charge on any atom is -0.406 e. The summed E-state index contributed by atoms with van der Waals surface area (Å²) in [7, 11) is 0. The number of anilines is 1. The number of rotatable bonds is 3. The number of piperazine rings is 1. The molecule has 2 aromatic carbocycles. The van der Waals surface area contributed by atoms with Gasteiger partial charge in [0.2, 0.25) is 0 Å². The summed E-state index contributed by atoms with van der Waals surface area (Å²) in [4.78, 5) is 25.6. The summed E-state index contributed by atoms with van der Waals surface area (Å²) in [5.41, 5.74) is 1.43. The van der Waals surface area contributed by atoms with Crippen molar-refractivity contribution in [2.24, 2.45) is 0 Å². The summed E-state index contributed by atoms with van der Waals surface area (Å²) in [5.74, 6) is -0.347. The first-order chi connectivity index (χ1) is 14.9. The molecule has 0 atom stereocenters. The van der Waals surface area contributed by atoms with Gasteiger partial charge in [-0.25, -0.2) is 9.97 Å². The first-order valence-corrected chi connectivity index (χ1v) is 11.1. The van der Waals surface area contributed by atoms with E-state index >= 15 is 0 Å². The lowest BCUT2D eigenvalue weighted by Crippen LogP contribution is -2.48. The highest BCUT2D eigenvalue weighted by Crippen LogP contribution is 2.33. The Bertz CT molecular complexity index is 1230. The lowest BCUT2D eigenvalue weighted by atomic mass is 10.3. The average molecular weight is 464 g/mol. The van der Waals surface area contributed by atoms with Crippen molar-refractivity contribution in [3.63, 3.8) is 0 Å². The summed E-state index contributed by atoms with van der Waals surface area (Å²) in [6.45, 7) is 2.21. The second-order valence-electron chi connectivity index (χ2n) is 6.94. The van der Waals surface area contributed by atoms with Crippen LogP contribution in [0.2, 0.25) is 0 Å². The molecular weight excluding hydrogens is 449 g/mol. The van der Waals surface area contributed by atoms with Crippen LogP contribution in [0.5, 0.6) is 5.75 Å². The Morgan fingerprint density at radius 2 is 1.68 bits per heavy atom. The predicted octanol–water partition coefficient (Wildman–Crippen LogP) is 4.77. The molecule has 0 bridgehead atoms. The zero-order valence-corrected chi connectivity index (χ0v) is 17.6. The van der Waals surface area contributed by atoms with Crippen LogP contribution in [0.15, 0.2) is 42.5 Å². The topological polar surface area (TPSA) is 58.6 Å². The smallest absolute Gasteiger partial charge is 0.406 e. The van der Waals surface area contributed by atoms with Crippen molar-refractivity contribution in [1.29, 1.82) is 0 Å². The number of ether oxygens (including phenoxy) is 1. The van der Waals surface area contributed by atoms with Gasteiger partial charge in [0.25, 0.3) is 5.91 Å². The molecule has 5 rings (SSSR count). The van der Waals surface area contributed by atoms with E-state index in [0.29, 0.717) is 46.5 Å². The maximum absolute atomic E-state index is 12.8. The van der Waals surface area contributed by atoms with Crippen LogP contribution in [0.25, 0.3) is 20.4 Å². The zero-order chi connectivity index (χ0) is 21.6. The van der Waals surface area contributed by atoms with Crippen molar-refractivity contribution >= 4 is 54.1 Å². The molecule has 0 aliphatic carbocycles. The van der Waals surface area contributed by atoms with E-state index in [4.69, 9.17) is 0 Å². The number of benzene rings is 2. The van der Waals surface area contributed by atoms with Crippen molar-refractivity contribution in [1.82, 2.24) is 14.9 Å². The van der Waals surface area contributed by atoms with Gasteiger partial charge < -0.3 is 14.5 Å². The van der Waals surface area contributed by atoms with Crippen LogP contribution in [0.4, 0.5) is 18.3 Å². The Kier molecular flexibility index (Phi) is 4.94. The Hall–Kier alpha value is -2.92. The number of fused-ring (bicyclic) bond motifs is 2. The molecule has 1 fully saturated rings. The minimum absolute atomic E-state index is 0.0842. The van der Waals surface area contributed by atoms with Crippen molar-refractivity contribution in [2.45, 2.75) is 6.36 Å². The van der Waals surface area contributed by atoms with Crippen molar-refractivity contribution in [3.05, 3.63) is 47.5 Å². The molecule has 0 unspecified atom stereocenters. The molecule has 31 heavy (non-hydrogen) atoms. The maximum Gasteiger partial charge on any atom is 0.573 e. The lowest BCUT2D eigenvalue weighted by molar-refractivity contribution is -0.274. The largest absolute Gasteiger partial charge is 0.573 e. The molecule has 1 amide bonds. The maximum atomic E-state index is 12.8. The van der Waals surface area contributed by atoms with E-state index in [0.717, 1.165) is 10.2 Å². The monoisotopic (exact) mass is 464 g/mol. The molecule has 0 radical (unpaired) electrons. The highest BCUT2D eigenvalue weighted by atomic mass is 32.1. The first-order valence-electron chi connectivity index (χ1n) is 9.42. The summed E-state index contributed by atoms with van der Waals surface area (Å²) in [5, 5.41) is 1.19. The molecule has 1 saturated heterocycles. The van der Waals surface area contributed by atoms with Gasteiger partial charge >= 0.3 is 6.36 Å². The highest BCUT2D eigenvalue weighted by molar-refractivity contribution is 7.22. The van der Waals surface area contributed by atoms with Gasteiger partial charge in [0, 0.05) is 32.2 Å². The fraction of sp³-hybridized carbons (Fsp3) is 0.250. The standard InChI is InChI=1S/C20H15F3N4O2S2/c21-20(22,23)29-12-5-6-14-16(11-12)31-19(25-14)27-9-7-26(8-10-27)18(28)17-24-13-3-1-2-4-15(13)30-17/h1-6,11H,7-10H2. The van der Waals surface area contributed by atoms with E-state index in [1.807, 2.05) is 29.2 Å². The van der Waals surface area contributed by atoms with Crippen molar-refractivity contribution in [2.75, 3.05) is 31.1 Å². The van der Waals surface area contributed by atoms with Gasteiger partial charge in [0.1, 0.15) is 5.75 Å². The normalized spacial score (nSPS) is 15.1. The summed E-state index contributed by atoms with van der Waals surface area (Å²) < 4.78 is 42.9. The first kappa shape index (κ1) is 20.0. The number of hydrogen-bond donors (Lipinski definition) is 0. The fourth-order valence-corrected chi connectivity index (χ4v) is 5.40. The number of nitrogens with zero attached hydrogens (tertiary/aromatic N) is 4.